The lowest BCUT2D eigenvalue weighted by atomic mass is 9.91. The second kappa shape index (κ2) is 7.63. The number of nitrogens with one attached hydrogen (secondary N) is 1. The first-order valence-electron chi connectivity index (χ1n) is 9.98. The fourth-order valence-electron chi connectivity index (χ4n) is 4.57. The van der Waals surface area contributed by atoms with E-state index in [-0.39, 0.29) is 13.0 Å². The van der Waals surface area contributed by atoms with Crippen LogP contribution in [0.5, 0.6) is 0 Å². The molecule has 1 aliphatic heterocycles. The number of alkyl halides is 3. The Morgan fingerprint density at radius 2 is 1.74 bits per heavy atom. The molecule has 5 nitrogen and oxygen atoms in total. The Balaban J connectivity index is 1.69. The van der Waals surface area contributed by atoms with Gasteiger partial charge in [0, 0.05) is 18.0 Å². The average Bonchev–Trinajstić information content (AvgIpc) is 3.43. The molecule has 0 aromatic heterocycles. The molecule has 2 fully saturated rings. The summed E-state index contributed by atoms with van der Waals surface area (Å²) in [4.78, 5) is 13.0. The van der Waals surface area contributed by atoms with E-state index in [4.69, 9.17) is 0 Å². The number of amides is 1. The van der Waals surface area contributed by atoms with Crippen molar-refractivity contribution in [3.63, 3.8) is 0 Å². The number of rotatable bonds is 5. The maximum atomic E-state index is 13.3. The number of hydrogen-bond acceptors (Lipinski definition) is 3. The number of nitrogens with zero attached hydrogens (tertiary/aromatic N) is 1. The zero-order chi connectivity index (χ0) is 22.4. The molecule has 1 N–H and O–H groups in total. The Morgan fingerprint density at radius 1 is 1.10 bits per heavy atom. The largest absolute Gasteiger partial charge is 0.471 e. The standard InChI is InChI=1S/C22H23F3N2O3S/c1-31(29,30)26-19-18(27(14-21(19)10-11-21)20(28)22(23,24)25)13-15-6-5-9-17(12-15)16-7-3-2-4-8-16/h2-9,12,18-19,26H,10-11,13-14H2,1H3. The summed E-state index contributed by atoms with van der Waals surface area (Å²) in [5.74, 6) is -1.92. The Hall–Kier alpha value is -2.39. The molecule has 31 heavy (non-hydrogen) atoms. The molecule has 4 rings (SSSR count). The number of hydrogen-bond donors (Lipinski definition) is 1. The quantitative estimate of drug-likeness (QED) is 0.757. The number of carbonyl (C=O) groups excluding carboxylic acids is 1. The summed E-state index contributed by atoms with van der Waals surface area (Å²) in [6.07, 6.45) is -2.73. The van der Waals surface area contributed by atoms with Crippen molar-refractivity contribution in [3.8, 4) is 11.1 Å². The highest BCUT2D eigenvalue weighted by molar-refractivity contribution is 7.88. The van der Waals surface area contributed by atoms with Crippen molar-refractivity contribution < 1.29 is 26.4 Å². The SMILES string of the molecule is CS(=O)(=O)NC1C(Cc2cccc(-c3ccccc3)c2)N(C(=O)C(F)(F)F)CC12CC2. The van der Waals surface area contributed by atoms with E-state index in [0.717, 1.165) is 27.8 Å². The molecular formula is C22H23F3N2O3S. The van der Waals surface area contributed by atoms with E-state index in [2.05, 4.69) is 4.72 Å². The highest BCUT2D eigenvalue weighted by Crippen LogP contribution is 2.56. The fourth-order valence-corrected chi connectivity index (χ4v) is 5.44. The van der Waals surface area contributed by atoms with Crippen LogP contribution in [0.2, 0.25) is 0 Å². The van der Waals surface area contributed by atoms with Gasteiger partial charge in [-0.1, -0.05) is 54.6 Å². The van der Waals surface area contributed by atoms with E-state index in [1.165, 1.54) is 0 Å². The van der Waals surface area contributed by atoms with Gasteiger partial charge in [0.05, 0.1) is 12.3 Å². The molecule has 1 saturated carbocycles. The summed E-state index contributed by atoms with van der Waals surface area (Å²) in [5.41, 5.74) is 1.97. The zero-order valence-corrected chi connectivity index (χ0v) is 17.7. The van der Waals surface area contributed by atoms with Gasteiger partial charge in [0.25, 0.3) is 0 Å². The highest BCUT2D eigenvalue weighted by atomic mass is 32.2. The third-order valence-corrected chi connectivity index (χ3v) is 6.83. The molecule has 1 aliphatic carbocycles. The molecule has 2 aliphatic rings. The zero-order valence-electron chi connectivity index (χ0n) is 16.9. The minimum Gasteiger partial charge on any atom is -0.329 e. The molecule has 1 heterocycles. The van der Waals surface area contributed by atoms with Gasteiger partial charge < -0.3 is 4.90 Å². The van der Waals surface area contributed by atoms with Crippen molar-refractivity contribution in [2.24, 2.45) is 5.41 Å². The normalized spacial score (nSPS) is 22.6. The van der Waals surface area contributed by atoms with Crippen molar-refractivity contribution in [1.29, 1.82) is 0 Å². The summed E-state index contributed by atoms with van der Waals surface area (Å²) in [7, 11) is -3.67. The monoisotopic (exact) mass is 452 g/mol. The van der Waals surface area contributed by atoms with Crippen molar-refractivity contribution in [2.45, 2.75) is 37.5 Å². The van der Waals surface area contributed by atoms with Crippen LogP contribution in [0.4, 0.5) is 13.2 Å². The van der Waals surface area contributed by atoms with Gasteiger partial charge >= 0.3 is 12.1 Å². The first kappa shape index (κ1) is 21.8. The highest BCUT2D eigenvalue weighted by Gasteiger charge is 2.63. The minimum atomic E-state index is -5.01. The van der Waals surface area contributed by atoms with E-state index in [9.17, 15) is 26.4 Å². The molecule has 2 atom stereocenters. The van der Waals surface area contributed by atoms with Crippen LogP contribution in [-0.2, 0) is 21.2 Å². The molecule has 166 valence electrons. The second-order valence-electron chi connectivity index (χ2n) is 8.50. The number of sulfonamides is 1. The summed E-state index contributed by atoms with van der Waals surface area (Å²) in [6.45, 7) is -0.0957. The Kier molecular flexibility index (Phi) is 5.37. The third-order valence-electron chi connectivity index (χ3n) is 6.15. The smallest absolute Gasteiger partial charge is 0.329 e. The first-order valence-corrected chi connectivity index (χ1v) is 11.9. The third kappa shape index (κ3) is 4.62. The van der Waals surface area contributed by atoms with Crippen molar-refractivity contribution in [2.75, 3.05) is 12.8 Å². The molecule has 2 aromatic rings. The van der Waals surface area contributed by atoms with Crippen LogP contribution in [-0.4, -0.2) is 50.3 Å². The fraction of sp³-hybridized carbons (Fsp3) is 0.409. The van der Waals surface area contributed by atoms with E-state index in [1.807, 2.05) is 48.5 Å². The Bertz CT molecular complexity index is 1080. The first-order chi connectivity index (χ1) is 14.5. The van der Waals surface area contributed by atoms with Gasteiger partial charge in [0.2, 0.25) is 10.0 Å². The van der Waals surface area contributed by atoms with Crippen LogP contribution in [0.15, 0.2) is 54.6 Å². The molecule has 2 unspecified atom stereocenters. The van der Waals surface area contributed by atoms with Gasteiger partial charge in [-0.25, -0.2) is 13.1 Å². The van der Waals surface area contributed by atoms with Crippen LogP contribution in [0, 0.1) is 5.41 Å². The summed E-state index contributed by atoms with van der Waals surface area (Å²) < 4.78 is 66.4. The number of halogens is 3. The van der Waals surface area contributed by atoms with Gasteiger partial charge in [0.15, 0.2) is 0 Å². The number of likely N-dealkylation sites (tertiary alicyclic amines) is 1. The second-order valence-corrected chi connectivity index (χ2v) is 10.3. The average molecular weight is 452 g/mol. The molecule has 0 bridgehead atoms. The van der Waals surface area contributed by atoms with E-state index in [0.29, 0.717) is 12.8 Å². The van der Waals surface area contributed by atoms with E-state index >= 15 is 0 Å². The lowest BCUT2D eigenvalue weighted by Crippen LogP contribution is -2.51. The van der Waals surface area contributed by atoms with E-state index in [1.54, 1.807) is 6.07 Å². The van der Waals surface area contributed by atoms with Crippen LogP contribution in [0.3, 0.4) is 0 Å². The molecule has 2 aromatic carbocycles. The number of benzene rings is 2. The Labute approximate surface area is 179 Å². The molecule has 9 heteroatoms. The summed E-state index contributed by atoms with van der Waals surface area (Å²) in [6, 6.07) is 15.3. The van der Waals surface area contributed by atoms with Gasteiger partial charge in [0.1, 0.15) is 0 Å². The van der Waals surface area contributed by atoms with Crippen molar-refractivity contribution >= 4 is 15.9 Å². The minimum absolute atomic E-state index is 0.0957. The topological polar surface area (TPSA) is 66.5 Å². The lowest BCUT2D eigenvalue weighted by Gasteiger charge is -2.29. The molecule has 1 spiro atoms. The molecular weight excluding hydrogens is 429 g/mol. The van der Waals surface area contributed by atoms with Crippen LogP contribution in [0.25, 0.3) is 11.1 Å². The predicted octanol–water partition coefficient (Wildman–Crippen LogP) is 3.37. The van der Waals surface area contributed by atoms with Gasteiger partial charge in [-0.05, 0) is 36.0 Å². The van der Waals surface area contributed by atoms with E-state index < -0.39 is 39.6 Å². The van der Waals surface area contributed by atoms with Crippen LogP contribution >= 0.6 is 0 Å². The lowest BCUT2D eigenvalue weighted by molar-refractivity contribution is -0.186. The van der Waals surface area contributed by atoms with Gasteiger partial charge in [-0.15, -0.1) is 0 Å². The summed E-state index contributed by atoms with van der Waals surface area (Å²) in [5, 5.41) is 0. The molecule has 1 amide bonds. The van der Waals surface area contributed by atoms with Crippen molar-refractivity contribution in [1.82, 2.24) is 9.62 Å². The maximum Gasteiger partial charge on any atom is 0.471 e. The van der Waals surface area contributed by atoms with Crippen LogP contribution < -0.4 is 4.72 Å². The van der Waals surface area contributed by atoms with Gasteiger partial charge in [-0.2, -0.15) is 13.2 Å². The molecule has 0 radical (unpaired) electrons. The van der Waals surface area contributed by atoms with Crippen molar-refractivity contribution in [3.05, 3.63) is 60.2 Å². The van der Waals surface area contributed by atoms with Gasteiger partial charge in [-0.3, -0.25) is 4.79 Å². The number of carbonyl (C=O) groups is 1. The Morgan fingerprint density at radius 3 is 2.32 bits per heavy atom. The van der Waals surface area contributed by atoms with Crippen LogP contribution in [0.1, 0.15) is 18.4 Å². The molecule has 1 saturated heterocycles. The predicted molar refractivity (Wildman–Crippen MR) is 111 cm³/mol. The maximum absolute atomic E-state index is 13.3. The summed E-state index contributed by atoms with van der Waals surface area (Å²) >= 11 is 0.